The van der Waals surface area contributed by atoms with Gasteiger partial charge in [0.2, 0.25) is 17.8 Å². The van der Waals surface area contributed by atoms with Crippen molar-refractivity contribution in [2.45, 2.75) is 104 Å². The molecule has 0 bridgehead atoms. The lowest BCUT2D eigenvalue weighted by Crippen LogP contribution is -2.45. The van der Waals surface area contributed by atoms with E-state index in [2.05, 4.69) is 71.8 Å². The Kier molecular flexibility index (Phi) is 21.7. The Balaban J connectivity index is 0.000000144. The summed E-state index contributed by atoms with van der Waals surface area (Å²) in [4.78, 5) is 76.4. The SMILES string of the molecule is CC(O)c1cccc(Nc2nccc(-c3ccc(C(=O)N4Cc5ccccc5C4)s3)n2)c1.CCC1CCC(C)N(C(=O)c2ccc(-c3ccnc(Nc4cccc(C(C)O)c4)n3)s2)C1.COC1CCN(C(=O)c2ccc(-c3ccnc(Nc4cccc(C(C)O)c4)n3)s2)C1. The van der Waals surface area contributed by atoms with Crippen molar-refractivity contribution >= 4 is 86.6 Å². The number of likely N-dealkylation sites (tertiary alicyclic amines) is 2. The van der Waals surface area contributed by atoms with Gasteiger partial charge in [-0.25, -0.2) is 29.9 Å². The molecule has 22 heteroatoms. The number of rotatable bonds is 17. The predicted octanol–water partition coefficient (Wildman–Crippen LogP) is 14.7. The van der Waals surface area contributed by atoms with E-state index in [0.29, 0.717) is 53.2 Å². The van der Waals surface area contributed by atoms with Gasteiger partial charge in [0.25, 0.3) is 17.7 Å². The van der Waals surface area contributed by atoms with E-state index in [1.165, 1.54) is 51.6 Å². The smallest absolute Gasteiger partial charge is 0.264 e. The maximum absolute atomic E-state index is 13.2. The first-order valence-electron chi connectivity index (χ1n) is 31.5. The number of nitrogens with zero attached hydrogens (tertiary/aromatic N) is 9. The first-order valence-corrected chi connectivity index (χ1v) is 33.9. The maximum atomic E-state index is 13.2. The zero-order valence-electron chi connectivity index (χ0n) is 53.2. The van der Waals surface area contributed by atoms with Gasteiger partial charge in [-0.3, -0.25) is 14.4 Å². The summed E-state index contributed by atoms with van der Waals surface area (Å²) in [6.07, 6.45) is 7.84. The van der Waals surface area contributed by atoms with E-state index < -0.39 is 18.3 Å². The Morgan fingerprint density at radius 2 is 0.936 bits per heavy atom. The van der Waals surface area contributed by atoms with Crippen LogP contribution in [0.2, 0.25) is 0 Å². The van der Waals surface area contributed by atoms with Crippen molar-refractivity contribution in [2.75, 3.05) is 42.7 Å². The topological polar surface area (TPSA) is 244 Å². The van der Waals surface area contributed by atoms with Crippen LogP contribution in [0.5, 0.6) is 0 Å². The maximum Gasteiger partial charge on any atom is 0.264 e. The largest absolute Gasteiger partial charge is 0.389 e. The molecule has 10 aromatic rings. The van der Waals surface area contributed by atoms with E-state index in [1.54, 1.807) is 46.5 Å². The highest BCUT2D eigenvalue weighted by atomic mass is 32.1. The van der Waals surface area contributed by atoms with Crippen LogP contribution in [0, 0.1) is 5.92 Å². The predicted molar refractivity (Wildman–Crippen MR) is 372 cm³/mol. The Morgan fingerprint density at radius 1 is 0.521 bits per heavy atom. The second-order valence-corrected chi connectivity index (χ2v) is 26.8. The van der Waals surface area contributed by atoms with Crippen molar-refractivity contribution in [1.82, 2.24) is 44.6 Å². The van der Waals surface area contributed by atoms with Crippen LogP contribution >= 0.6 is 34.0 Å². The first-order chi connectivity index (χ1) is 45.5. The Bertz CT molecular complexity index is 4220. The third-order valence-corrected chi connectivity index (χ3v) is 20.0. The van der Waals surface area contributed by atoms with Gasteiger partial charge in [0.05, 0.1) is 70.8 Å². The molecule has 0 aliphatic carbocycles. The molecule has 9 heterocycles. The molecule has 6 atom stereocenters. The van der Waals surface area contributed by atoms with Crippen LogP contribution in [0.1, 0.15) is 135 Å². The van der Waals surface area contributed by atoms with Gasteiger partial charge in [-0.15, -0.1) is 34.0 Å². The quantitative estimate of drug-likeness (QED) is 0.0496. The number of hydrogen-bond donors (Lipinski definition) is 6. The normalized spacial score (nSPS) is 16.8. The molecule has 6 N–H and O–H groups in total. The van der Waals surface area contributed by atoms with Gasteiger partial charge in [-0.1, -0.05) is 74.0 Å². The zero-order chi connectivity index (χ0) is 65.8. The number of anilines is 6. The Hall–Kier alpha value is -9.13. The van der Waals surface area contributed by atoms with Crippen LogP contribution in [-0.2, 0) is 17.8 Å². The lowest BCUT2D eigenvalue weighted by Gasteiger charge is -2.37. The van der Waals surface area contributed by atoms with E-state index in [1.807, 2.05) is 154 Å². The number of aliphatic hydroxyl groups is 3. The number of fused-ring (bicyclic) bond motifs is 1. The Labute approximate surface area is 559 Å². The third-order valence-electron chi connectivity index (χ3n) is 16.8. The average Bonchev–Trinajstić information content (AvgIpc) is 2.01. The number of piperidine rings is 1. The number of carbonyl (C=O) groups excluding carboxylic acids is 3. The molecule has 0 saturated carbocycles. The number of benzene rings is 4. The number of ether oxygens (including phenoxy) is 1. The van der Waals surface area contributed by atoms with Gasteiger partial charge in [-0.2, -0.15) is 0 Å². The van der Waals surface area contributed by atoms with E-state index >= 15 is 0 Å². The lowest BCUT2D eigenvalue weighted by atomic mass is 9.91. The number of nitrogens with one attached hydrogen (secondary N) is 3. The molecule has 3 amide bonds. The van der Waals surface area contributed by atoms with Gasteiger partial charge in [0.15, 0.2) is 0 Å². The molecule has 13 rings (SSSR count). The summed E-state index contributed by atoms with van der Waals surface area (Å²) in [6, 6.07) is 48.0. The van der Waals surface area contributed by atoms with Crippen molar-refractivity contribution in [2.24, 2.45) is 5.92 Å². The standard InChI is InChI=1S/C25H22N4O2S.C25H30N4O2S.C22H24N4O3S/c1-16(30)17-7-4-8-20(13-17)27-25-26-12-11-21(28-25)22-9-10-23(32-22)24(31)29-14-18-5-2-3-6-19(18)15-29;1-4-18-9-8-16(2)29(15-18)24(31)23-11-10-22(32-23)21-12-13-26-25(28-21)27-20-7-5-6-19(14-20)17(3)30;1-14(27)15-4-3-5-16(12-15)24-22-23-10-8-18(25-22)19-6-7-20(30-19)21(28)26-11-9-17(13-26)29-2/h2-13,16,30H,14-15H2,1H3,(H,26,27,28);5-7,10-14,16-18,30H,4,8-9,15H2,1-3H3,(H,26,27,28);3-8,10,12,14,17,27H,9,11,13H2,1-2H3,(H,23,24,25). The zero-order valence-corrected chi connectivity index (χ0v) is 55.7. The van der Waals surface area contributed by atoms with E-state index in [-0.39, 0.29) is 29.9 Å². The highest BCUT2D eigenvalue weighted by Crippen LogP contribution is 2.35. The highest BCUT2D eigenvalue weighted by molar-refractivity contribution is 7.18. The fourth-order valence-corrected chi connectivity index (χ4v) is 14.1. The van der Waals surface area contributed by atoms with Crippen molar-refractivity contribution in [3.8, 4) is 31.7 Å². The van der Waals surface area contributed by atoms with Crippen molar-refractivity contribution in [3.05, 3.63) is 213 Å². The minimum atomic E-state index is -0.547. The van der Waals surface area contributed by atoms with E-state index in [9.17, 15) is 29.7 Å². The Morgan fingerprint density at radius 3 is 1.33 bits per heavy atom. The number of methoxy groups -OCH3 is 1. The van der Waals surface area contributed by atoms with Crippen LogP contribution in [0.4, 0.5) is 34.9 Å². The fraction of sp³-hybridized carbons (Fsp3) is 0.292. The molecule has 4 aromatic carbocycles. The fourth-order valence-electron chi connectivity index (χ4n) is 11.3. The summed E-state index contributed by atoms with van der Waals surface area (Å²) in [5.74, 6) is 2.18. The summed E-state index contributed by atoms with van der Waals surface area (Å²) >= 11 is 4.34. The van der Waals surface area contributed by atoms with E-state index in [0.717, 1.165) is 103 Å². The van der Waals surface area contributed by atoms with Crippen molar-refractivity contribution in [1.29, 1.82) is 0 Å². The van der Waals surface area contributed by atoms with Gasteiger partial charge in [0.1, 0.15) is 0 Å². The van der Waals surface area contributed by atoms with Crippen LogP contribution < -0.4 is 16.0 Å². The minimum absolute atomic E-state index is 0.0353. The molecule has 94 heavy (non-hydrogen) atoms. The van der Waals surface area contributed by atoms with Gasteiger partial charge < -0.3 is 50.7 Å². The summed E-state index contributed by atoms with van der Waals surface area (Å²) in [7, 11) is 1.68. The molecule has 3 aliphatic rings. The first kappa shape index (κ1) is 66.3. The highest BCUT2D eigenvalue weighted by Gasteiger charge is 2.31. The summed E-state index contributed by atoms with van der Waals surface area (Å²) in [6.45, 7) is 13.0. The molecular weight excluding hydrogens is 1240 g/mol. The minimum Gasteiger partial charge on any atom is -0.389 e. The third kappa shape index (κ3) is 16.6. The number of hydrogen-bond acceptors (Lipinski definition) is 19. The number of thiophene rings is 3. The molecule has 3 aliphatic heterocycles. The second kappa shape index (κ2) is 30.7. The molecule has 2 fully saturated rings. The van der Waals surface area contributed by atoms with Crippen LogP contribution in [-0.4, -0.2) is 117 Å². The molecule has 0 radical (unpaired) electrons. The summed E-state index contributed by atoms with van der Waals surface area (Å²) in [5.41, 5.74) is 9.57. The molecule has 0 spiro atoms. The molecular formula is C72H76N12O7S3. The number of amides is 3. The van der Waals surface area contributed by atoms with Crippen LogP contribution in [0.25, 0.3) is 31.7 Å². The number of aliphatic hydroxyl groups excluding tert-OH is 3. The molecule has 6 aromatic heterocycles. The number of aromatic nitrogens is 6. The molecule has 2 saturated heterocycles. The van der Waals surface area contributed by atoms with Crippen molar-refractivity contribution in [3.63, 3.8) is 0 Å². The van der Waals surface area contributed by atoms with Crippen LogP contribution in [0.3, 0.4) is 0 Å². The summed E-state index contributed by atoms with van der Waals surface area (Å²) < 4.78 is 5.36. The molecule has 6 unspecified atom stereocenters. The van der Waals surface area contributed by atoms with Crippen molar-refractivity contribution < 1.29 is 34.4 Å². The monoisotopic (exact) mass is 1320 g/mol. The number of carbonyl (C=O) groups is 3. The second-order valence-electron chi connectivity index (χ2n) is 23.6. The molecule has 484 valence electrons. The lowest BCUT2D eigenvalue weighted by molar-refractivity contribution is 0.0561. The van der Waals surface area contributed by atoms with Crippen LogP contribution in [0.15, 0.2) is 170 Å². The van der Waals surface area contributed by atoms with Gasteiger partial charge >= 0.3 is 0 Å². The van der Waals surface area contributed by atoms with Gasteiger partial charge in [-0.05, 0) is 172 Å². The van der Waals surface area contributed by atoms with Gasteiger partial charge in [0, 0.05) is 81.5 Å². The summed E-state index contributed by atoms with van der Waals surface area (Å²) in [5, 5.41) is 38.9. The average molecular weight is 1320 g/mol. The van der Waals surface area contributed by atoms with E-state index in [4.69, 9.17) is 4.74 Å². The molecule has 19 nitrogen and oxygen atoms in total.